The predicted octanol–water partition coefficient (Wildman–Crippen LogP) is 2.23. The molecule has 3 atom stereocenters. The van der Waals surface area contributed by atoms with E-state index >= 15 is 0 Å². The molecule has 0 saturated heterocycles. The first-order valence-electron chi connectivity index (χ1n) is 7.93. The van der Waals surface area contributed by atoms with Crippen LogP contribution < -0.4 is 11.1 Å². The van der Waals surface area contributed by atoms with E-state index in [9.17, 15) is 4.79 Å². The van der Waals surface area contributed by atoms with Crippen LogP contribution in [-0.2, 0) is 4.79 Å². The van der Waals surface area contributed by atoms with Gasteiger partial charge in [0.05, 0.1) is 0 Å². The van der Waals surface area contributed by atoms with Crippen LogP contribution in [-0.4, -0.2) is 43.5 Å². The summed E-state index contributed by atoms with van der Waals surface area (Å²) in [7, 11) is 4.09. The molecule has 3 unspecified atom stereocenters. The molecule has 0 aromatic heterocycles. The van der Waals surface area contributed by atoms with Gasteiger partial charge in [0, 0.05) is 24.5 Å². The molecule has 0 rings (SSSR count). The van der Waals surface area contributed by atoms with Crippen molar-refractivity contribution in [2.75, 3.05) is 20.6 Å². The molecule has 0 radical (unpaired) electrons. The fourth-order valence-corrected chi connectivity index (χ4v) is 2.41. The van der Waals surface area contributed by atoms with Gasteiger partial charge in [-0.15, -0.1) is 0 Å². The molecular formula is C16H35N3O. The highest BCUT2D eigenvalue weighted by Gasteiger charge is 2.19. The van der Waals surface area contributed by atoms with E-state index < -0.39 is 0 Å². The van der Waals surface area contributed by atoms with Crippen LogP contribution >= 0.6 is 0 Å². The van der Waals surface area contributed by atoms with Crippen molar-refractivity contribution in [1.29, 1.82) is 0 Å². The number of rotatable bonds is 10. The van der Waals surface area contributed by atoms with Gasteiger partial charge in [0.15, 0.2) is 0 Å². The minimum absolute atomic E-state index is 0.0746. The predicted molar refractivity (Wildman–Crippen MR) is 86.6 cm³/mol. The van der Waals surface area contributed by atoms with Crippen molar-refractivity contribution in [1.82, 2.24) is 10.2 Å². The second-order valence-electron chi connectivity index (χ2n) is 6.91. The third-order valence-electron chi connectivity index (χ3n) is 3.43. The van der Waals surface area contributed by atoms with E-state index in [-0.39, 0.29) is 23.9 Å². The zero-order valence-electron chi connectivity index (χ0n) is 14.3. The maximum atomic E-state index is 12.2. The molecule has 0 aromatic rings. The third-order valence-corrected chi connectivity index (χ3v) is 3.43. The van der Waals surface area contributed by atoms with E-state index in [2.05, 4.69) is 24.1 Å². The van der Waals surface area contributed by atoms with Crippen molar-refractivity contribution in [3.05, 3.63) is 0 Å². The molecule has 0 fully saturated rings. The summed E-state index contributed by atoms with van der Waals surface area (Å²) < 4.78 is 0. The van der Waals surface area contributed by atoms with Gasteiger partial charge in [-0.3, -0.25) is 4.79 Å². The van der Waals surface area contributed by atoms with Gasteiger partial charge in [-0.05, 0) is 46.2 Å². The van der Waals surface area contributed by atoms with Gasteiger partial charge in [-0.1, -0.05) is 27.2 Å². The highest BCUT2D eigenvalue weighted by Crippen LogP contribution is 2.11. The zero-order valence-corrected chi connectivity index (χ0v) is 14.3. The van der Waals surface area contributed by atoms with Gasteiger partial charge in [-0.2, -0.15) is 0 Å². The lowest BCUT2D eigenvalue weighted by atomic mass is 9.99. The second-order valence-corrected chi connectivity index (χ2v) is 6.91. The van der Waals surface area contributed by atoms with Gasteiger partial charge in [0.25, 0.3) is 0 Å². The summed E-state index contributed by atoms with van der Waals surface area (Å²) in [5.41, 5.74) is 5.74. The average Bonchev–Trinajstić information content (AvgIpc) is 2.26. The van der Waals surface area contributed by atoms with Gasteiger partial charge >= 0.3 is 0 Å². The number of hydrogen-bond acceptors (Lipinski definition) is 3. The number of carbonyl (C=O) groups excluding carboxylic acids is 1. The minimum Gasteiger partial charge on any atom is -0.352 e. The van der Waals surface area contributed by atoms with Crippen molar-refractivity contribution < 1.29 is 4.79 Å². The normalized spacial score (nSPS) is 16.2. The topological polar surface area (TPSA) is 58.4 Å². The van der Waals surface area contributed by atoms with Crippen LogP contribution in [0, 0.1) is 11.8 Å². The van der Waals surface area contributed by atoms with Crippen molar-refractivity contribution in [2.45, 2.75) is 65.5 Å². The molecule has 0 aliphatic heterocycles. The summed E-state index contributed by atoms with van der Waals surface area (Å²) in [6, 6.07) is 0.473. The first kappa shape index (κ1) is 19.4. The zero-order chi connectivity index (χ0) is 15.7. The Morgan fingerprint density at radius 3 is 2.20 bits per heavy atom. The third kappa shape index (κ3) is 10.2. The molecule has 0 aliphatic rings. The van der Waals surface area contributed by atoms with Crippen molar-refractivity contribution in [2.24, 2.45) is 17.6 Å². The molecule has 0 aromatic carbocycles. The highest BCUT2D eigenvalue weighted by atomic mass is 16.1. The number of nitrogens with one attached hydrogen (secondary N) is 1. The minimum atomic E-state index is 0.0746. The van der Waals surface area contributed by atoms with E-state index in [1.165, 1.54) is 0 Å². The van der Waals surface area contributed by atoms with Gasteiger partial charge in [0.1, 0.15) is 0 Å². The molecule has 4 nitrogen and oxygen atoms in total. The Kier molecular flexibility index (Phi) is 9.86. The van der Waals surface area contributed by atoms with E-state index in [1.807, 2.05) is 27.9 Å². The summed E-state index contributed by atoms with van der Waals surface area (Å²) in [6.07, 6.45) is 3.96. The Morgan fingerprint density at radius 2 is 1.75 bits per heavy atom. The largest absolute Gasteiger partial charge is 0.352 e. The van der Waals surface area contributed by atoms with Crippen LogP contribution in [0.4, 0.5) is 0 Å². The Morgan fingerprint density at radius 1 is 1.15 bits per heavy atom. The van der Waals surface area contributed by atoms with Gasteiger partial charge < -0.3 is 16.0 Å². The van der Waals surface area contributed by atoms with Crippen LogP contribution in [0.25, 0.3) is 0 Å². The molecule has 0 bridgehead atoms. The fourth-order valence-electron chi connectivity index (χ4n) is 2.41. The molecule has 120 valence electrons. The Balaban J connectivity index is 4.21. The molecule has 0 heterocycles. The molecular weight excluding hydrogens is 250 g/mol. The lowest BCUT2D eigenvalue weighted by Crippen LogP contribution is -2.44. The smallest absolute Gasteiger partial charge is 0.223 e. The SMILES string of the molecule is CC(C)CC(CN(C)C)NC(=O)C(C)CCCC(C)N. The molecule has 0 aliphatic carbocycles. The Bertz CT molecular complexity index is 254. The number of carbonyl (C=O) groups is 1. The lowest BCUT2D eigenvalue weighted by Gasteiger charge is -2.25. The number of nitrogens with zero attached hydrogens (tertiary/aromatic N) is 1. The summed E-state index contributed by atoms with van der Waals surface area (Å²) >= 11 is 0. The summed E-state index contributed by atoms with van der Waals surface area (Å²) in [6.45, 7) is 9.32. The molecule has 1 amide bonds. The average molecular weight is 285 g/mol. The standard InChI is InChI=1S/C16H35N3O/c1-12(2)10-15(11-19(5)6)18-16(20)13(3)8-7-9-14(4)17/h12-15H,7-11,17H2,1-6H3,(H,18,20). The van der Waals surface area contributed by atoms with E-state index in [4.69, 9.17) is 5.73 Å². The quantitative estimate of drug-likeness (QED) is 0.647. The number of likely N-dealkylation sites (N-methyl/N-ethyl adjacent to an activating group) is 1. The van der Waals surface area contributed by atoms with E-state index in [0.29, 0.717) is 5.92 Å². The summed E-state index contributed by atoms with van der Waals surface area (Å²) in [5, 5.41) is 3.21. The first-order chi connectivity index (χ1) is 9.22. The van der Waals surface area contributed by atoms with Crippen LogP contribution in [0.2, 0.25) is 0 Å². The van der Waals surface area contributed by atoms with Crippen LogP contribution in [0.5, 0.6) is 0 Å². The first-order valence-corrected chi connectivity index (χ1v) is 7.93. The van der Waals surface area contributed by atoms with Crippen molar-refractivity contribution in [3.63, 3.8) is 0 Å². The molecule has 20 heavy (non-hydrogen) atoms. The van der Waals surface area contributed by atoms with E-state index in [1.54, 1.807) is 0 Å². The Hall–Kier alpha value is -0.610. The van der Waals surface area contributed by atoms with Crippen molar-refractivity contribution in [3.8, 4) is 0 Å². The van der Waals surface area contributed by atoms with Crippen LogP contribution in [0.15, 0.2) is 0 Å². The summed E-state index contributed by atoms with van der Waals surface area (Å²) in [5.74, 6) is 0.849. The van der Waals surface area contributed by atoms with E-state index in [0.717, 1.165) is 32.2 Å². The van der Waals surface area contributed by atoms with Gasteiger partial charge in [0.2, 0.25) is 5.91 Å². The summed E-state index contributed by atoms with van der Waals surface area (Å²) in [4.78, 5) is 14.4. The molecule has 0 saturated carbocycles. The number of amides is 1. The van der Waals surface area contributed by atoms with Gasteiger partial charge in [-0.25, -0.2) is 0 Å². The Labute approximate surface area is 125 Å². The molecule has 4 heteroatoms. The lowest BCUT2D eigenvalue weighted by molar-refractivity contribution is -0.125. The highest BCUT2D eigenvalue weighted by molar-refractivity contribution is 5.78. The van der Waals surface area contributed by atoms with Crippen molar-refractivity contribution >= 4 is 5.91 Å². The number of nitrogens with two attached hydrogens (primary N) is 1. The fraction of sp³-hybridized carbons (Fsp3) is 0.938. The molecule has 0 spiro atoms. The monoisotopic (exact) mass is 285 g/mol. The van der Waals surface area contributed by atoms with Crippen LogP contribution in [0.3, 0.4) is 0 Å². The number of hydrogen-bond donors (Lipinski definition) is 2. The second kappa shape index (κ2) is 10.2. The maximum Gasteiger partial charge on any atom is 0.223 e. The van der Waals surface area contributed by atoms with Crippen LogP contribution in [0.1, 0.15) is 53.4 Å². The maximum absolute atomic E-state index is 12.2. The molecule has 3 N–H and O–H groups in total.